The molecular weight excluding hydrogens is 355 g/mol. The predicted octanol–water partition coefficient (Wildman–Crippen LogP) is 4.16. The molecule has 126 valence electrons. The van der Waals surface area contributed by atoms with Gasteiger partial charge in [0.1, 0.15) is 0 Å². The van der Waals surface area contributed by atoms with E-state index < -0.39 is 10.8 Å². The third kappa shape index (κ3) is 4.59. The van der Waals surface area contributed by atoms with Gasteiger partial charge >= 0.3 is 5.69 Å². The van der Waals surface area contributed by atoms with E-state index in [0.717, 1.165) is 5.56 Å². The van der Waals surface area contributed by atoms with Gasteiger partial charge < -0.3 is 10.1 Å². The largest absolute Gasteiger partial charge is 0.477 e. The molecule has 0 fully saturated rings. The minimum Gasteiger partial charge on any atom is -0.477 e. The first kappa shape index (κ1) is 18.0. The third-order valence-corrected chi connectivity index (χ3v) is 3.98. The Morgan fingerprint density at radius 3 is 2.62 bits per heavy atom. The van der Waals surface area contributed by atoms with Crippen LogP contribution < -0.4 is 10.1 Å². The number of para-hydroxylation sites is 2. The Kier molecular flexibility index (Phi) is 6.00. The standard InChI is InChI=1S/C16H14Cl2N2O4/c1-10(11-6-7-12(17)13(18)8-11)19-16(21)9-24-15-5-3-2-4-14(15)20(22)23/h2-8,10H,9H2,1H3,(H,19,21)/t10-/m1/s1. The highest BCUT2D eigenvalue weighted by molar-refractivity contribution is 6.42. The van der Waals surface area contributed by atoms with Gasteiger partial charge in [0, 0.05) is 6.07 Å². The number of carbonyl (C=O) groups is 1. The zero-order valence-electron chi connectivity index (χ0n) is 12.7. The lowest BCUT2D eigenvalue weighted by atomic mass is 10.1. The Morgan fingerprint density at radius 1 is 1.25 bits per heavy atom. The summed E-state index contributed by atoms with van der Waals surface area (Å²) in [6.45, 7) is 1.44. The molecule has 1 amide bonds. The van der Waals surface area contributed by atoms with Crippen LogP contribution in [0.3, 0.4) is 0 Å². The molecule has 0 aliphatic heterocycles. The van der Waals surface area contributed by atoms with Crippen molar-refractivity contribution in [3.05, 3.63) is 68.2 Å². The summed E-state index contributed by atoms with van der Waals surface area (Å²) in [4.78, 5) is 22.3. The number of carbonyl (C=O) groups excluding carboxylic acids is 1. The van der Waals surface area contributed by atoms with E-state index in [-0.39, 0.29) is 24.1 Å². The fraction of sp³-hybridized carbons (Fsp3) is 0.188. The van der Waals surface area contributed by atoms with Gasteiger partial charge in [-0.05, 0) is 30.7 Å². The minimum atomic E-state index is -0.564. The molecule has 0 saturated heterocycles. The monoisotopic (exact) mass is 368 g/mol. The quantitative estimate of drug-likeness (QED) is 0.612. The van der Waals surface area contributed by atoms with Crippen molar-refractivity contribution in [3.8, 4) is 5.75 Å². The molecule has 0 bridgehead atoms. The maximum atomic E-state index is 12.0. The van der Waals surface area contributed by atoms with E-state index in [1.54, 1.807) is 31.2 Å². The average Bonchev–Trinajstić information content (AvgIpc) is 2.55. The molecule has 2 rings (SSSR count). The molecule has 0 aromatic heterocycles. The number of nitro groups is 1. The second-order valence-corrected chi connectivity index (χ2v) is 5.79. The number of rotatable bonds is 6. The van der Waals surface area contributed by atoms with Gasteiger partial charge in [0.15, 0.2) is 12.4 Å². The zero-order valence-corrected chi connectivity index (χ0v) is 14.2. The van der Waals surface area contributed by atoms with E-state index in [1.807, 2.05) is 0 Å². The molecule has 24 heavy (non-hydrogen) atoms. The molecule has 0 radical (unpaired) electrons. The molecule has 2 aromatic carbocycles. The van der Waals surface area contributed by atoms with E-state index in [4.69, 9.17) is 27.9 Å². The molecule has 1 N–H and O–H groups in total. The summed E-state index contributed by atoms with van der Waals surface area (Å²) in [6, 6.07) is 10.6. The maximum absolute atomic E-state index is 12.0. The average molecular weight is 369 g/mol. The van der Waals surface area contributed by atoms with Crippen molar-refractivity contribution in [2.45, 2.75) is 13.0 Å². The Labute approximate surface area is 148 Å². The van der Waals surface area contributed by atoms with E-state index >= 15 is 0 Å². The van der Waals surface area contributed by atoms with Crippen molar-refractivity contribution in [1.29, 1.82) is 0 Å². The highest BCUT2D eigenvalue weighted by Gasteiger charge is 2.16. The van der Waals surface area contributed by atoms with Gasteiger partial charge in [0.05, 0.1) is 21.0 Å². The van der Waals surface area contributed by atoms with Gasteiger partial charge in [-0.1, -0.05) is 41.4 Å². The normalized spacial score (nSPS) is 11.6. The number of nitro benzene ring substituents is 1. The number of ether oxygens (including phenoxy) is 1. The predicted molar refractivity (Wildman–Crippen MR) is 91.6 cm³/mol. The van der Waals surface area contributed by atoms with Crippen LogP contribution >= 0.6 is 23.2 Å². The lowest BCUT2D eigenvalue weighted by molar-refractivity contribution is -0.385. The molecule has 0 spiro atoms. The van der Waals surface area contributed by atoms with Crippen LogP contribution in [0, 0.1) is 10.1 Å². The van der Waals surface area contributed by atoms with Gasteiger partial charge in [-0.3, -0.25) is 14.9 Å². The smallest absolute Gasteiger partial charge is 0.310 e. The van der Waals surface area contributed by atoms with Crippen LogP contribution in [-0.2, 0) is 4.79 Å². The maximum Gasteiger partial charge on any atom is 0.310 e. The Hall–Kier alpha value is -2.31. The molecule has 6 nitrogen and oxygen atoms in total. The summed E-state index contributed by atoms with van der Waals surface area (Å²) < 4.78 is 5.24. The number of hydrogen-bond donors (Lipinski definition) is 1. The lowest BCUT2D eigenvalue weighted by Gasteiger charge is -2.15. The topological polar surface area (TPSA) is 81.5 Å². The van der Waals surface area contributed by atoms with Crippen LogP contribution in [0.2, 0.25) is 10.0 Å². The number of nitrogens with one attached hydrogen (secondary N) is 1. The highest BCUT2D eigenvalue weighted by atomic mass is 35.5. The zero-order chi connectivity index (χ0) is 17.7. The van der Waals surface area contributed by atoms with E-state index in [1.165, 1.54) is 18.2 Å². The number of benzene rings is 2. The minimum absolute atomic E-state index is 0.0415. The molecule has 0 saturated carbocycles. The first-order valence-electron chi connectivity index (χ1n) is 6.99. The summed E-state index contributed by atoms with van der Waals surface area (Å²) in [6.07, 6.45) is 0. The van der Waals surface area contributed by atoms with Crippen molar-refractivity contribution < 1.29 is 14.5 Å². The van der Waals surface area contributed by atoms with E-state index in [2.05, 4.69) is 5.32 Å². The van der Waals surface area contributed by atoms with Crippen molar-refractivity contribution in [1.82, 2.24) is 5.32 Å². The molecule has 8 heteroatoms. The Bertz CT molecular complexity index is 767. The second-order valence-electron chi connectivity index (χ2n) is 4.98. The molecule has 0 unspecified atom stereocenters. The third-order valence-electron chi connectivity index (χ3n) is 3.24. The van der Waals surface area contributed by atoms with Crippen LogP contribution in [0.25, 0.3) is 0 Å². The SMILES string of the molecule is C[C@@H](NC(=O)COc1ccccc1[N+](=O)[O-])c1ccc(Cl)c(Cl)c1. The highest BCUT2D eigenvalue weighted by Crippen LogP contribution is 2.26. The molecule has 1 atom stereocenters. The summed E-state index contributed by atoms with van der Waals surface area (Å²) in [5, 5.41) is 14.4. The van der Waals surface area contributed by atoms with Gasteiger partial charge in [0.2, 0.25) is 0 Å². The summed E-state index contributed by atoms with van der Waals surface area (Å²) in [5.74, 6) is -0.369. The molecule has 2 aromatic rings. The number of nitrogens with zero attached hydrogens (tertiary/aromatic N) is 1. The fourth-order valence-electron chi connectivity index (χ4n) is 2.02. The van der Waals surface area contributed by atoms with Crippen molar-refractivity contribution in [3.63, 3.8) is 0 Å². The van der Waals surface area contributed by atoms with Gasteiger partial charge in [-0.2, -0.15) is 0 Å². The van der Waals surface area contributed by atoms with Gasteiger partial charge in [0.25, 0.3) is 5.91 Å². The second kappa shape index (κ2) is 7.99. The lowest BCUT2D eigenvalue weighted by Crippen LogP contribution is -2.31. The number of halogens is 2. The van der Waals surface area contributed by atoms with Crippen LogP contribution in [0.4, 0.5) is 5.69 Å². The summed E-state index contributed by atoms with van der Waals surface area (Å²) in [7, 11) is 0. The Morgan fingerprint density at radius 2 is 1.96 bits per heavy atom. The van der Waals surface area contributed by atoms with Crippen molar-refractivity contribution in [2.24, 2.45) is 0 Å². The number of hydrogen-bond acceptors (Lipinski definition) is 4. The van der Waals surface area contributed by atoms with Crippen LogP contribution in [0.5, 0.6) is 5.75 Å². The Balaban J connectivity index is 1.96. The van der Waals surface area contributed by atoms with Crippen LogP contribution in [0.1, 0.15) is 18.5 Å². The molecule has 0 aliphatic carbocycles. The summed E-state index contributed by atoms with van der Waals surface area (Å²) >= 11 is 11.8. The molecule has 0 heterocycles. The van der Waals surface area contributed by atoms with E-state index in [0.29, 0.717) is 10.0 Å². The van der Waals surface area contributed by atoms with Gasteiger partial charge in [-0.15, -0.1) is 0 Å². The fourth-order valence-corrected chi connectivity index (χ4v) is 2.33. The van der Waals surface area contributed by atoms with Crippen molar-refractivity contribution in [2.75, 3.05) is 6.61 Å². The van der Waals surface area contributed by atoms with Gasteiger partial charge in [-0.25, -0.2) is 0 Å². The molecular formula is C16H14Cl2N2O4. The van der Waals surface area contributed by atoms with E-state index in [9.17, 15) is 14.9 Å². The first-order chi connectivity index (χ1) is 11.4. The molecule has 0 aliphatic rings. The van der Waals surface area contributed by atoms with Crippen LogP contribution in [0.15, 0.2) is 42.5 Å². The first-order valence-corrected chi connectivity index (χ1v) is 7.74. The van der Waals surface area contributed by atoms with Crippen molar-refractivity contribution >= 4 is 34.8 Å². The number of amides is 1. The van der Waals surface area contributed by atoms with Crippen LogP contribution in [-0.4, -0.2) is 17.4 Å². The summed E-state index contributed by atoms with van der Waals surface area (Å²) in [5.41, 5.74) is 0.589.